The summed E-state index contributed by atoms with van der Waals surface area (Å²) in [6.45, 7) is 6.32. The summed E-state index contributed by atoms with van der Waals surface area (Å²) in [6, 6.07) is 14.8. The molecule has 0 amide bonds. The third-order valence-electron chi connectivity index (χ3n) is 5.86. The van der Waals surface area contributed by atoms with Gasteiger partial charge in [-0.15, -0.1) is 0 Å². The fraction of sp³-hybridized carbons (Fsp3) is 0.478. The minimum atomic E-state index is 0.814. The van der Waals surface area contributed by atoms with E-state index in [9.17, 15) is 0 Å². The molecular formula is C23H31N3O. The van der Waals surface area contributed by atoms with Crippen LogP contribution in [0.25, 0.3) is 0 Å². The summed E-state index contributed by atoms with van der Waals surface area (Å²) in [6.07, 6.45) is 6.10. The van der Waals surface area contributed by atoms with Crippen LogP contribution in [0.5, 0.6) is 5.75 Å². The molecule has 0 unspecified atom stereocenters. The van der Waals surface area contributed by atoms with Crippen LogP contribution in [0.1, 0.15) is 30.4 Å². The highest BCUT2D eigenvalue weighted by atomic mass is 16.5. The molecule has 1 saturated heterocycles. The average Bonchev–Trinajstić information content (AvgIpc) is 2.72. The largest absolute Gasteiger partial charge is 0.493 e. The zero-order valence-corrected chi connectivity index (χ0v) is 16.2. The molecule has 4 heteroatoms. The van der Waals surface area contributed by atoms with Crippen LogP contribution in [0, 0.1) is 0 Å². The molecule has 2 aliphatic rings. The molecule has 2 N–H and O–H groups in total. The van der Waals surface area contributed by atoms with E-state index in [-0.39, 0.29) is 0 Å². The Hall–Kier alpha value is -2.20. The fourth-order valence-electron chi connectivity index (χ4n) is 4.27. The molecule has 4 nitrogen and oxygen atoms in total. The van der Waals surface area contributed by atoms with Gasteiger partial charge in [0, 0.05) is 44.1 Å². The smallest absolute Gasteiger partial charge is 0.122 e. The van der Waals surface area contributed by atoms with Crippen LogP contribution < -0.4 is 15.4 Å². The number of fused-ring (bicyclic) bond motifs is 1. The van der Waals surface area contributed by atoms with Crippen molar-refractivity contribution in [3.63, 3.8) is 0 Å². The second-order valence-electron chi connectivity index (χ2n) is 7.72. The predicted octanol–water partition coefficient (Wildman–Crippen LogP) is 3.74. The Morgan fingerprint density at radius 3 is 2.48 bits per heavy atom. The Labute approximate surface area is 162 Å². The van der Waals surface area contributed by atoms with E-state index in [1.807, 2.05) is 12.1 Å². The van der Waals surface area contributed by atoms with Crippen molar-refractivity contribution >= 4 is 11.4 Å². The van der Waals surface area contributed by atoms with Gasteiger partial charge in [0.1, 0.15) is 5.75 Å². The van der Waals surface area contributed by atoms with Gasteiger partial charge >= 0.3 is 0 Å². The van der Waals surface area contributed by atoms with Crippen molar-refractivity contribution in [3.8, 4) is 5.75 Å². The molecule has 27 heavy (non-hydrogen) atoms. The van der Waals surface area contributed by atoms with Crippen molar-refractivity contribution in [2.45, 2.75) is 32.1 Å². The van der Waals surface area contributed by atoms with E-state index >= 15 is 0 Å². The van der Waals surface area contributed by atoms with E-state index in [1.165, 1.54) is 42.5 Å². The van der Waals surface area contributed by atoms with Crippen LogP contribution in [0.4, 0.5) is 11.4 Å². The molecular weight excluding hydrogens is 334 g/mol. The molecule has 0 atom stereocenters. The second-order valence-corrected chi connectivity index (χ2v) is 7.72. The topological polar surface area (TPSA) is 41.7 Å². The first-order valence-electron chi connectivity index (χ1n) is 10.4. The van der Waals surface area contributed by atoms with Gasteiger partial charge in [-0.2, -0.15) is 0 Å². The van der Waals surface area contributed by atoms with Gasteiger partial charge in [-0.1, -0.05) is 12.1 Å². The molecule has 0 aromatic heterocycles. The molecule has 0 radical (unpaired) electrons. The molecule has 0 spiro atoms. The number of ether oxygens (including phenoxy) is 1. The quantitative estimate of drug-likeness (QED) is 0.625. The molecule has 0 saturated carbocycles. The van der Waals surface area contributed by atoms with Gasteiger partial charge in [-0.05, 0) is 73.6 Å². The first kappa shape index (κ1) is 18.2. The van der Waals surface area contributed by atoms with E-state index in [4.69, 9.17) is 10.5 Å². The molecule has 2 aromatic carbocycles. The molecule has 4 rings (SSSR count). The first-order valence-corrected chi connectivity index (χ1v) is 10.4. The number of anilines is 2. The van der Waals surface area contributed by atoms with Crippen molar-refractivity contribution in [1.82, 2.24) is 4.90 Å². The second kappa shape index (κ2) is 8.66. The maximum Gasteiger partial charge on any atom is 0.122 e. The summed E-state index contributed by atoms with van der Waals surface area (Å²) in [7, 11) is 0. The summed E-state index contributed by atoms with van der Waals surface area (Å²) in [5.74, 6) is 1.13. The van der Waals surface area contributed by atoms with E-state index < -0.39 is 0 Å². The monoisotopic (exact) mass is 365 g/mol. The fourth-order valence-corrected chi connectivity index (χ4v) is 4.27. The van der Waals surface area contributed by atoms with Gasteiger partial charge in [-0.25, -0.2) is 0 Å². The molecule has 144 valence electrons. The number of hydrogen-bond acceptors (Lipinski definition) is 4. The highest BCUT2D eigenvalue weighted by molar-refractivity contribution is 5.53. The summed E-state index contributed by atoms with van der Waals surface area (Å²) in [5.41, 5.74) is 10.9. The Morgan fingerprint density at radius 2 is 1.67 bits per heavy atom. The third-order valence-corrected chi connectivity index (χ3v) is 5.86. The van der Waals surface area contributed by atoms with Crippen LogP contribution in [-0.2, 0) is 12.8 Å². The lowest BCUT2D eigenvalue weighted by Gasteiger charge is -2.36. The summed E-state index contributed by atoms with van der Waals surface area (Å²) >= 11 is 0. The number of nitrogens with two attached hydrogens (primary N) is 1. The zero-order chi connectivity index (χ0) is 18.5. The molecule has 1 fully saturated rings. The SMILES string of the molecule is Nc1ccc(N2CCN(CCCOc3cccc4c3CCCC4)CC2)cc1. The van der Waals surface area contributed by atoms with Crippen molar-refractivity contribution in [2.24, 2.45) is 0 Å². The number of benzene rings is 2. The molecule has 1 aliphatic heterocycles. The number of hydrogen-bond donors (Lipinski definition) is 1. The van der Waals surface area contributed by atoms with E-state index in [0.29, 0.717) is 0 Å². The number of rotatable bonds is 6. The maximum absolute atomic E-state index is 6.15. The van der Waals surface area contributed by atoms with Crippen molar-refractivity contribution in [1.29, 1.82) is 0 Å². The summed E-state index contributed by atoms with van der Waals surface area (Å²) in [5, 5.41) is 0. The number of aryl methyl sites for hydroxylation is 1. The molecule has 1 heterocycles. The lowest BCUT2D eigenvalue weighted by atomic mass is 9.91. The maximum atomic E-state index is 6.15. The van der Waals surface area contributed by atoms with Crippen LogP contribution >= 0.6 is 0 Å². The van der Waals surface area contributed by atoms with Crippen LogP contribution in [0.15, 0.2) is 42.5 Å². The number of nitrogens with zero attached hydrogens (tertiary/aromatic N) is 2. The van der Waals surface area contributed by atoms with Gasteiger partial charge in [0.05, 0.1) is 6.61 Å². The molecule has 2 aromatic rings. The standard InChI is InChI=1S/C23H31N3O/c24-20-9-11-21(12-10-20)26-16-14-25(15-17-26)13-4-18-27-23-8-3-6-19-5-1-2-7-22(19)23/h3,6,8-12H,1-2,4-5,7,13-18,24H2. The Kier molecular flexibility index (Phi) is 5.83. The van der Waals surface area contributed by atoms with Gasteiger partial charge < -0.3 is 15.4 Å². The zero-order valence-electron chi connectivity index (χ0n) is 16.2. The Morgan fingerprint density at radius 1 is 0.889 bits per heavy atom. The van der Waals surface area contributed by atoms with E-state index in [2.05, 4.69) is 40.1 Å². The normalized spacial score (nSPS) is 17.6. The number of piperazine rings is 1. The van der Waals surface area contributed by atoms with Gasteiger partial charge in [0.2, 0.25) is 0 Å². The lowest BCUT2D eigenvalue weighted by Crippen LogP contribution is -2.46. The average molecular weight is 366 g/mol. The lowest BCUT2D eigenvalue weighted by molar-refractivity contribution is 0.224. The summed E-state index contributed by atoms with van der Waals surface area (Å²) in [4.78, 5) is 5.00. The van der Waals surface area contributed by atoms with Gasteiger partial charge in [-0.3, -0.25) is 4.90 Å². The highest BCUT2D eigenvalue weighted by Gasteiger charge is 2.17. The van der Waals surface area contributed by atoms with E-state index in [0.717, 1.165) is 57.2 Å². The van der Waals surface area contributed by atoms with Gasteiger partial charge in [0.25, 0.3) is 0 Å². The van der Waals surface area contributed by atoms with Crippen LogP contribution in [0.2, 0.25) is 0 Å². The molecule has 1 aliphatic carbocycles. The van der Waals surface area contributed by atoms with Gasteiger partial charge in [0.15, 0.2) is 0 Å². The third kappa shape index (κ3) is 4.56. The minimum absolute atomic E-state index is 0.814. The minimum Gasteiger partial charge on any atom is -0.493 e. The first-order chi connectivity index (χ1) is 13.3. The molecule has 0 bridgehead atoms. The van der Waals surface area contributed by atoms with Crippen molar-refractivity contribution in [2.75, 3.05) is 50.0 Å². The Balaban J connectivity index is 1.19. The van der Waals surface area contributed by atoms with Crippen LogP contribution in [0.3, 0.4) is 0 Å². The van der Waals surface area contributed by atoms with Crippen molar-refractivity contribution < 1.29 is 4.74 Å². The Bertz CT molecular complexity index is 736. The predicted molar refractivity (Wildman–Crippen MR) is 113 cm³/mol. The van der Waals surface area contributed by atoms with E-state index in [1.54, 1.807) is 0 Å². The van der Waals surface area contributed by atoms with Crippen LogP contribution in [-0.4, -0.2) is 44.2 Å². The summed E-state index contributed by atoms with van der Waals surface area (Å²) < 4.78 is 6.15. The highest BCUT2D eigenvalue weighted by Crippen LogP contribution is 2.29. The van der Waals surface area contributed by atoms with Crippen molar-refractivity contribution in [3.05, 3.63) is 53.6 Å². The number of nitrogen functional groups attached to an aromatic ring is 1.